The maximum absolute atomic E-state index is 12.5. The van der Waals surface area contributed by atoms with Crippen LogP contribution >= 0.6 is 11.3 Å². The zero-order valence-electron chi connectivity index (χ0n) is 16.3. The molecule has 146 valence electrons. The summed E-state index contributed by atoms with van der Waals surface area (Å²) in [5.74, 6) is -0.0457. The molecule has 3 heterocycles. The van der Waals surface area contributed by atoms with E-state index < -0.39 is 0 Å². The van der Waals surface area contributed by atoms with Gasteiger partial charge in [-0.3, -0.25) is 9.59 Å². The molecule has 7 nitrogen and oxygen atoms in total. The molecule has 2 aromatic rings. The van der Waals surface area contributed by atoms with Crippen LogP contribution in [-0.4, -0.2) is 67.4 Å². The van der Waals surface area contributed by atoms with Crippen molar-refractivity contribution in [1.82, 2.24) is 20.1 Å². The van der Waals surface area contributed by atoms with Crippen molar-refractivity contribution in [1.29, 1.82) is 0 Å². The lowest BCUT2D eigenvalue weighted by Crippen LogP contribution is -2.49. The number of hydrogen-bond donors (Lipinski definition) is 2. The number of nitrogen functional groups attached to an aromatic ring is 1. The number of hydrogen-bond acceptors (Lipinski definition) is 6. The molecule has 1 aliphatic heterocycles. The first-order chi connectivity index (χ1) is 12.7. The monoisotopic (exact) mass is 389 g/mol. The summed E-state index contributed by atoms with van der Waals surface area (Å²) in [6.07, 6.45) is 1.92. The van der Waals surface area contributed by atoms with Crippen LogP contribution in [0.1, 0.15) is 35.1 Å². The fourth-order valence-corrected chi connectivity index (χ4v) is 4.69. The minimum atomic E-state index is -0.208. The number of nitrogens with two attached hydrogens (primary N) is 1. The maximum Gasteiger partial charge on any atom is 0.263 e. The maximum atomic E-state index is 12.5. The van der Waals surface area contributed by atoms with E-state index in [4.69, 9.17) is 10.7 Å². The third kappa shape index (κ3) is 3.77. The van der Waals surface area contributed by atoms with Gasteiger partial charge in [-0.1, -0.05) is 6.92 Å². The molecule has 2 aromatic heterocycles. The average molecular weight is 390 g/mol. The Hall–Kier alpha value is -2.19. The van der Waals surface area contributed by atoms with Crippen molar-refractivity contribution in [2.75, 3.05) is 46.5 Å². The number of nitrogens with zero attached hydrogens (tertiary/aromatic N) is 3. The van der Waals surface area contributed by atoms with E-state index >= 15 is 0 Å². The van der Waals surface area contributed by atoms with Crippen LogP contribution in [0.2, 0.25) is 0 Å². The molecule has 0 unspecified atom stereocenters. The number of pyridine rings is 1. The summed E-state index contributed by atoms with van der Waals surface area (Å²) >= 11 is 1.31. The van der Waals surface area contributed by atoms with E-state index in [1.807, 2.05) is 36.0 Å². The second-order valence-corrected chi connectivity index (χ2v) is 8.69. The Morgan fingerprint density at radius 3 is 2.81 bits per heavy atom. The number of anilines is 1. The summed E-state index contributed by atoms with van der Waals surface area (Å²) in [5.41, 5.74) is 7.35. The number of likely N-dealkylation sites (tertiary alicyclic amines) is 1. The minimum Gasteiger partial charge on any atom is -0.397 e. The lowest BCUT2D eigenvalue weighted by molar-refractivity contribution is -0.134. The molecule has 3 N–H and O–H groups in total. The topological polar surface area (TPSA) is 91.6 Å². The molecule has 1 fully saturated rings. The number of nitrogens with one attached hydrogen (secondary N) is 1. The highest BCUT2D eigenvalue weighted by Gasteiger charge is 2.36. The van der Waals surface area contributed by atoms with Gasteiger partial charge in [-0.15, -0.1) is 11.3 Å². The van der Waals surface area contributed by atoms with Crippen molar-refractivity contribution in [3.63, 3.8) is 0 Å². The van der Waals surface area contributed by atoms with Crippen LogP contribution in [0.4, 0.5) is 5.69 Å². The number of piperidine rings is 1. The molecule has 0 aromatic carbocycles. The summed E-state index contributed by atoms with van der Waals surface area (Å²) in [4.78, 5) is 34.4. The van der Waals surface area contributed by atoms with Crippen molar-refractivity contribution in [2.45, 2.75) is 25.2 Å². The number of aromatic nitrogens is 1. The molecular formula is C19H27N5O2S. The molecule has 0 bridgehead atoms. The van der Waals surface area contributed by atoms with E-state index in [0.717, 1.165) is 35.3 Å². The first kappa shape index (κ1) is 19.6. The second kappa shape index (κ2) is 7.44. The third-order valence-electron chi connectivity index (χ3n) is 5.15. The van der Waals surface area contributed by atoms with Crippen LogP contribution in [0.5, 0.6) is 0 Å². The van der Waals surface area contributed by atoms with Crippen LogP contribution < -0.4 is 11.1 Å². The normalized spacial score (nSPS) is 20.3. The predicted octanol–water partition coefficient (Wildman–Crippen LogP) is 1.68. The summed E-state index contributed by atoms with van der Waals surface area (Å²) in [6.45, 7) is 4.02. The lowest BCUT2D eigenvalue weighted by atomic mass is 9.78. The van der Waals surface area contributed by atoms with E-state index in [-0.39, 0.29) is 17.2 Å². The van der Waals surface area contributed by atoms with Crippen LogP contribution in [0.25, 0.3) is 10.2 Å². The van der Waals surface area contributed by atoms with Crippen molar-refractivity contribution < 1.29 is 9.59 Å². The summed E-state index contributed by atoms with van der Waals surface area (Å²) in [5, 5.41) is 3.43. The number of rotatable bonds is 4. The van der Waals surface area contributed by atoms with E-state index in [2.05, 4.69) is 12.2 Å². The number of carbonyl (C=O) groups excluding carboxylic acids is 2. The molecule has 1 aliphatic rings. The molecule has 0 spiro atoms. The van der Waals surface area contributed by atoms with Gasteiger partial charge < -0.3 is 20.9 Å². The van der Waals surface area contributed by atoms with Crippen molar-refractivity contribution in [2.24, 2.45) is 0 Å². The van der Waals surface area contributed by atoms with E-state index in [1.54, 1.807) is 7.05 Å². The Bertz CT molecular complexity index is 878. The van der Waals surface area contributed by atoms with Crippen LogP contribution in [0.15, 0.2) is 12.1 Å². The van der Waals surface area contributed by atoms with Gasteiger partial charge in [0.1, 0.15) is 9.71 Å². The SMILES string of the molecule is CNC(=O)c1sc2nc([C@]3(C)CCCN(C(=O)CN(C)C)C3)ccc2c1N. The van der Waals surface area contributed by atoms with Gasteiger partial charge in [-0.05, 0) is 39.1 Å². The van der Waals surface area contributed by atoms with E-state index in [1.165, 1.54) is 11.3 Å². The van der Waals surface area contributed by atoms with Crippen molar-refractivity contribution >= 4 is 39.1 Å². The summed E-state index contributed by atoms with van der Waals surface area (Å²) < 4.78 is 0. The number of amides is 2. The Balaban J connectivity index is 1.91. The molecular weight excluding hydrogens is 362 g/mol. The minimum absolute atomic E-state index is 0.147. The number of carbonyl (C=O) groups is 2. The molecule has 1 atom stereocenters. The first-order valence-electron chi connectivity index (χ1n) is 9.09. The molecule has 8 heteroatoms. The molecule has 2 amide bonds. The highest BCUT2D eigenvalue weighted by molar-refractivity contribution is 7.21. The van der Waals surface area contributed by atoms with Gasteiger partial charge in [0.2, 0.25) is 5.91 Å². The number of thiophene rings is 1. The fraction of sp³-hybridized carbons (Fsp3) is 0.526. The van der Waals surface area contributed by atoms with Gasteiger partial charge in [0, 0.05) is 36.6 Å². The van der Waals surface area contributed by atoms with Crippen LogP contribution in [0.3, 0.4) is 0 Å². The molecule has 3 rings (SSSR count). The largest absolute Gasteiger partial charge is 0.397 e. The van der Waals surface area contributed by atoms with Gasteiger partial charge in [0.15, 0.2) is 0 Å². The Morgan fingerprint density at radius 2 is 2.15 bits per heavy atom. The molecule has 1 saturated heterocycles. The molecule has 0 radical (unpaired) electrons. The average Bonchev–Trinajstić information content (AvgIpc) is 2.97. The Morgan fingerprint density at radius 1 is 1.41 bits per heavy atom. The van der Waals surface area contributed by atoms with Gasteiger partial charge in [0.25, 0.3) is 5.91 Å². The van der Waals surface area contributed by atoms with E-state index in [9.17, 15) is 9.59 Å². The summed E-state index contributed by atoms with van der Waals surface area (Å²) in [6, 6.07) is 3.93. The van der Waals surface area contributed by atoms with Gasteiger partial charge in [0.05, 0.1) is 12.2 Å². The van der Waals surface area contributed by atoms with Gasteiger partial charge in [-0.25, -0.2) is 4.98 Å². The fourth-order valence-electron chi connectivity index (χ4n) is 3.65. The highest BCUT2D eigenvalue weighted by Crippen LogP contribution is 2.37. The number of fused-ring (bicyclic) bond motifs is 1. The smallest absolute Gasteiger partial charge is 0.263 e. The van der Waals surface area contributed by atoms with Crippen molar-refractivity contribution in [3.8, 4) is 0 Å². The van der Waals surface area contributed by atoms with Crippen molar-refractivity contribution in [3.05, 3.63) is 22.7 Å². The molecule has 27 heavy (non-hydrogen) atoms. The third-order valence-corrected chi connectivity index (χ3v) is 6.26. The second-order valence-electron chi connectivity index (χ2n) is 7.69. The predicted molar refractivity (Wildman–Crippen MR) is 109 cm³/mol. The van der Waals surface area contributed by atoms with Gasteiger partial charge >= 0.3 is 0 Å². The summed E-state index contributed by atoms with van der Waals surface area (Å²) in [7, 11) is 5.40. The zero-order valence-corrected chi connectivity index (χ0v) is 17.2. The molecule has 0 saturated carbocycles. The van der Waals surface area contributed by atoms with E-state index in [0.29, 0.717) is 23.7 Å². The zero-order chi connectivity index (χ0) is 19.8. The quantitative estimate of drug-likeness (QED) is 0.830. The Kier molecular flexibility index (Phi) is 5.39. The number of likely N-dealkylation sites (N-methyl/N-ethyl adjacent to an activating group) is 1. The van der Waals surface area contributed by atoms with Gasteiger partial charge in [-0.2, -0.15) is 0 Å². The van der Waals surface area contributed by atoms with Crippen LogP contribution in [0, 0.1) is 0 Å². The molecule has 0 aliphatic carbocycles. The first-order valence-corrected chi connectivity index (χ1v) is 9.91. The Labute approximate surface area is 163 Å². The lowest BCUT2D eigenvalue weighted by Gasteiger charge is -2.40. The highest BCUT2D eigenvalue weighted by atomic mass is 32.1. The van der Waals surface area contributed by atoms with Crippen LogP contribution in [-0.2, 0) is 10.2 Å². The standard InChI is InChI=1S/C19H27N5O2S/c1-19(8-5-9-24(11-19)14(25)10-23(3)4)13-7-6-12-15(20)16(17(26)21-2)27-18(12)22-13/h6-7H,5,8-11,20H2,1-4H3,(H,21,26)/t19-/m1/s1.